The third kappa shape index (κ3) is 2.29. The van der Waals surface area contributed by atoms with Crippen LogP contribution in [0.4, 0.5) is 5.13 Å². The maximum atomic E-state index is 5.43. The van der Waals surface area contributed by atoms with Gasteiger partial charge in [0.15, 0.2) is 5.96 Å². The summed E-state index contributed by atoms with van der Waals surface area (Å²) in [6, 6.07) is 10.6. The molecular formula is C15H18N4S. The lowest BCUT2D eigenvalue weighted by Crippen LogP contribution is -2.24. The van der Waals surface area contributed by atoms with E-state index in [0.717, 1.165) is 18.5 Å². The minimum absolute atomic E-state index is 0.0366. The van der Waals surface area contributed by atoms with Crippen molar-refractivity contribution in [3.63, 3.8) is 0 Å². The van der Waals surface area contributed by atoms with Crippen LogP contribution in [0.15, 0.2) is 40.7 Å². The van der Waals surface area contributed by atoms with Gasteiger partial charge in [-0.05, 0) is 18.4 Å². The molecule has 0 bridgehead atoms. The molecule has 20 heavy (non-hydrogen) atoms. The van der Waals surface area contributed by atoms with Gasteiger partial charge >= 0.3 is 0 Å². The molecule has 104 valence electrons. The van der Waals surface area contributed by atoms with Crippen LogP contribution in [0, 0.1) is 0 Å². The Hall–Kier alpha value is -1.88. The van der Waals surface area contributed by atoms with Gasteiger partial charge < -0.3 is 11.5 Å². The molecule has 0 spiro atoms. The summed E-state index contributed by atoms with van der Waals surface area (Å²) in [5.74, 6) is 0.0612. The SMILES string of the molecule is NC(N)=Nc1nc(C2(c3ccccc3)CCCC2)cs1. The van der Waals surface area contributed by atoms with E-state index in [-0.39, 0.29) is 11.4 Å². The predicted molar refractivity (Wildman–Crippen MR) is 83.3 cm³/mol. The Balaban J connectivity index is 2.03. The summed E-state index contributed by atoms with van der Waals surface area (Å²) in [6.07, 6.45) is 4.76. The van der Waals surface area contributed by atoms with Crippen LogP contribution in [0.5, 0.6) is 0 Å². The summed E-state index contributed by atoms with van der Waals surface area (Å²) in [5, 5.41) is 2.74. The third-order valence-corrected chi connectivity index (χ3v) is 4.73. The van der Waals surface area contributed by atoms with Gasteiger partial charge in [0.25, 0.3) is 0 Å². The van der Waals surface area contributed by atoms with Gasteiger partial charge in [-0.25, -0.2) is 4.98 Å². The van der Waals surface area contributed by atoms with Crippen molar-refractivity contribution in [1.82, 2.24) is 4.98 Å². The largest absolute Gasteiger partial charge is 0.370 e. The van der Waals surface area contributed by atoms with Crippen LogP contribution in [0.3, 0.4) is 0 Å². The highest BCUT2D eigenvalue weighted by Gasteiger charge is 2.39. The van der Waals surface area contributed by atoms with Crippen LogP contribution in [0.2, 0.25) is 0 Å². The lowest BCUT2D eigenvalue weighted by Gasteiger charge is -2.27. The molecule has 0 amide bonds. The number of benzene rings is 1. The normalized spacial score (nSPS) is 17.0. The molecule has 1 fully saturated rings. The monoisotopic (exact) mass is 286 g/mol. The number of aliphatic imine (C=N–C) groups is 1. The molecule has 0 unspecified atom stereocenters. The van der Waals surface area contributed by atoms with Crippen molar-refractivity contribution < 1.29 is 0 Å². The van der Waals surface area contributed by atoms with Crippen molar-refractivity contribution in [1.29, 1.82) is 0 Å². The first-order valence-corrected chi connectivity index (χ1v) is 7.70. The maximum absolute atomic E-state index is 5.43. The Kier molecular flexibility index (Phi) is 3.44. The molecule has 0 radical (unpaired) electrons. The van der Waals surface area contributed by atoms with Gasteiger partial charge in [0.1, 0.15) is 0 Å². The number of nitrogens with zero attached hydrogens (tertiary/aromatic N) is 2. The highest BCUT2D eigenvalue weighted by Crippen LogP contribution is 2.47. The molecule has 1 saturated carbocycles. The molecule has 1 aromatic carbocycles. The van der Waals surface area contributed by atoms with E-state index in [1.54, 1.807) is 0 Å². The fraction of sp³-hybridized carbons (Fsp3) is 0.333. The highest BCUT2D eigenvalue weighted by molar-refractivity contribution is 7.13. The third-order valence-electron chi connectivity index (χ3n) is 3.99. The Morgan fingerprint density at radius 3 is 2.50 bits per heavy atom. The average molecular weight is 286 g/mol. The van der Waals surface area contributed by atoms with E-state index in [0.29, 0.717) is 5.13 Å². The van der Waals surface area contributed by atoms with Crippen molar-refractivity contribution in [2.75, 3.05) is 0 Å². The summed E-state index contributed by atoms with van der Waals surface area (Å²) < 4.78 is 0. The number of nitrogens with two attached hydrogens (primary N) is 2. The molecule has 1 aliphatic rings. The predicted octanol–water partition coefficient (Wildman–Crippen LogP) is 2.91. The molecule has 3 rings (SSSR count). The van der Waals surface area contributed by atoms with E-state index in [1.807, 2.05) is 0 Å². The van der Waals surface area contributed by atoms with Gasteiger partial charge in [-0.3, -0.25) is 0 Å². The smallest absolute Gasteiger partial charge is 0.212 e. The Labute approximate surface area is 122 Å². The second-order valence-electron chi connectivity index (χ2n) is 5.21. The summed E-state index contributed by atoms with van der Waals surface area (Å²) >= 11 is 1.50. The van der Waals surface area contributed by atoms with Gasteiger partial charge in [0, 0.05) is 10.8 Å². The van der Waals surface area contributed by atoms with Crippen molar-refractivity contribution in [3.05, 3.63) is 47.0 Å². The van der Waals surface area contributed by atoms with Crippen LogP contribution in [0.1, 0.15) is 36.9 Å². The zero-order valence-corrected chi connectivity index (χ0v) is 12.1. The summed E-state index contributed by atoms with van der Waals surface area (Å²) in [4.78, 5) is 8.71. The minimum atomic E-state index is 0.0366. The van der Waals surface area contributed by atoms with E-state index < -0.39 is 0 Å². The molecule has 4 N–H and O–H groups in total. The molecular weight excluding hydrogens is 268 g/mol. The molecule has 4 nitrogen and oxygen atoms in total. The van der Waals surface area contributed by atoms with Gasteiger partial charge in [-0.1, -0.05) is 43.2 Å². The summed E-state index contributed by atoms with van der Waals surface area (Å²) in [7, 11) is 0. The minimum Gasteiger partial charge on any atom is -0.370 e. The second kappa shape index (κ2) is 5.25. The van der Waals surface area contributed by atoms with Gasteiger partial charge in [0.2, 0.25) is 5.13 Å². The highest BCUT2D eigenvalue weighted by atomic mass is 32.1. The van der Waals surface area contributed by atoms with Crippen LogP contribution < -0.4 is 11.5 Å². The van der Waals surface area contributed by atoms with E-state index in [1.165, 1.54) is 29.7 Å². The topological polar surface area (TPSA) is 77.3 Å². The molecule has 2 aromatic rings. The lowest BCUT2D eigenvalue weighted by atomic mass is 9.76. The molecule has 0 saturated heterocycles. The molecule has 5 heteroatoms. The zero-order valence-electron chi connectivity index (χ0n) is 11.2. The van der Waals surface area contributed by atoms with Crippen LogP contribution in [-0.2, 0) is 5.41 Å². The Bertz CT molecular complexity index is 608. The molecule has 0 aliphatic heterocycles. The zero-order chi connectivity index (χ0) is 14.0. The first-order chi connectivity index (χ1) is 9.71. The van der Waals surface area contributed by atoms with Gasteiger partial charge in [-0.2, -0.15) is 4.99 Å². The van der Waals surface area contributed by atoms with Crippen LogP contribution in [0.25, 0.3) is 0 Å². The van der Waals surface area contributed by atoms with Crippen LogP contribution >= 0.6 is 11.3 Å². The molecule has 1 heterocycles. The summed E-state index contributed by atoms with van der Waals surface area (Å²) in [5.41, 5.74) is 13.3. The van der Waals surface area contributed by atoms with Crippen molar-refractivity contribution >= 4 is 22.4 Å². The molecule has 1 aliphatic carbocycles. The summed E-state index contributed by atoms with van der Waals surface area (Å²) in [6.45, 7) is 0. The van der Waals surface area contributed by atoms with Crippen molar-refractivity contribution in [2.45, 2.75) is 31.1 Å². The van der Waals surface area contributed by atoms with Crippen LogP contribution in [-0.4, -0.2) is 10.9 Å². The van der Waals surface area contributed by atoms with E-state index in [4.69, 9.17) is 11.5 Å². The molecule has 1 aromatic heterocycles. The fourth-order valence-corrected chi connectivity index (χ4v) is 3.88. The lowest BCUT2D eigenvalue weighted by molar-refractivity contribution is 0.522. The average Bonchev–Trinajstić information content (AvgIpc) is 3.08. The van der Waals surface area contributed by atoms with E-state index in [2.05, 4.69) is 45.7 Å². The fourth-order valence-electron chi connectivity index (χ4n) is 3.07. The number of thiazole rings is 1. The second-order valence-corrected chi connectivity index (χ2v) is 6.04. The standard InChI is InChI=1S/C15H18N4S/c16-13(17)19-14-18-12(10-20-14)15(8-4-5-9-15)11-6-2-1-3-7-11/h1-3,6-7,10H,4-5,8-9H2,(H4,16,17,18,19). The Morgan fingerprint density at radius 1 is 1.15 bits per heavy atom. The molecule has 0 atom stereocenters. The quantitative estimate of drug-likeness (QED) is 0.672. The number of hydrogen-bond acceptors (Lipinski definition) is 3. The van der Waals surface area contributed by atoms with Gasteiger partial charge in [0.05, 0.1) is 5.69 Å². The first-order valence-electron chi connectivity index (χ1n) is 6.82. The number of guanidine groups is 1. The Morgan fingerprint density at radius 2 is 1.85 bits per heavy atom. The van der Waals surface area contributed by atoms with Gasteiger partial charge in [-0.15, -0.1) is 11.3 Å². The number of aromatic nitrogens is 1. The van der Waals surface area contributed by atoms with E-state index >= 15 is 0 Å². The number of hydrogen-bond donors (Lipinski definition) is 2. The van der Waals surface area contributed by atoms with E-state index in [9.17, 15) is 0 Å². The van der Waals surface area contributed by atoms with Crippen molar-refractivity contribution in [2.24, 2.45) is 16.5 Å². The first kappa shape index (κ1) is 13.1. The number of rotatable bonds is 3. The van der Waals surface area contributed by atoms with Crippen molar-refractivity contribution in [3.8, 4) is 0 Å². The maximum Gasteiger partial charge on any atom is 0.212 e.